The van der Waals surface area contributed by atoms with Gasteiger partial charge in [0, 0.05) is 30.6 Å². The predicted octanol–water partition coefficient (Wildman–Crippen LogP) is 4.64. The molecule has 0 aromatic carbocycles. The lowest BCUT2D eigenvalue weighted by Gasteiger charge is -2.27. The van der Waals surface area contributed by atoms with E-state index in [1.807, 2.05) is 11.3 Å². The summed E-state index contributed by atoms with van der Waals surface area (Å²) in [5.41, 5.74) is 1.29. The first kappa shape index (κ1) is 18.4. The lowest BCUT2D eigenvalue weighted by molar-refractivity contribution is 0.504. The van der Waals surface area contributed by atoms with Crippen molar-refractivity contribution in [1.29, 1.82) is 0 Å². The monoisotopic (exact) mass is 311 g/mol. The highest BCUT2D eigenvalue weighted by Gasteiger charge is 2.21. The molecule has 1 aromatic rings. The Morgan fingerprint density at radius 1 is 1.14 bits per heavy atom. The van der Waals surface area contributed by atoms with Gasteiger partial charge in [-0.2, -0.15) is 0 Å². The second-order valence-corrected chi connectivity index (χ2v) is 7.81. The highest BCUT2D eigenvalue weighted by atomic mass is 32.1. The fourth-order valence-electron chi connectivity index (χ4n) is 2.12. The molecular formula is C17H33N3S. The van der Waals surface area contributed by atoms with E-state index in [0.717, 1.165) is 18.1 Å². The number of hydrogen-bond acceptors (Lipinski definition) is 4. The zero-order chi connectivity index (χ0) is 16.2. The average Bonchev–Trinajstić information content (AvgIpc) is 2.86. The minimum atomic E-state index is 0.506. The van der Waals surface area contributed by atoms with Crippen LogP contribution >= 0.6 is 11.3 Å². The van der Waals surface area contributed by atoms with Gasteiger partial charge in [-0.3, -0.25) is 0 Å². The third kappa shape index (κ3) is 4.96. The Morgan fingerprint density at radius 2 is 1.76 bits per heavy atom. The van der Waals surface area contributed by atoms with Crippen LogP contribution in [0.4, 0.5) is 5.13 Å². The van der Waals surface area contributed by atoms with Crippen molar-refractivity contribution in [2.24, 2.45) is 5.92 Å². The van der Waals surface area contributed by atoms with Crippen LogP contribution in [0.1, 0.15) is 71.4 Å². The average molecular weight is 312 g/mol. The summed E-state index contributed by atoms with van der Waals surface area (Å²) in [6, 6.07) is 1.01. The minimum Gasteiger partial charge on any atom is -0.348 e. The lowest BCUT2D eigenvalue weighted by Crippen LogP contribution is -2.33. The molecule has 1 heterocycles. The van der Waals surface area contributed by atoms with Crippen molar-refractivity contribution >= 4 is 16.5 Å². The predicted molar refractivity (Wildman–Crippen MR) is 95.5 cm³/mol. The van der Waals surface area contributed by atoms with E-state index in [-0.39, 0.29) is 0 Å². The second kappa shape index (κ2) is 8.14. The molecule has 1 aromatic heterocycles. The molecule has 0 amide bonds. The van der Waals surface area contributed by atoms with E-state index >= 15 is 0 Å². The molecule has 0 fully saturated rings. The number of anilines is 1. The minimum absolute atomic E-state index is 0.506. The molecule has 21 heavy (non-hydrogen) atoms. The third-order valence-corrected chi connectivity index (χ3v) is 5.51. The molecule has 0 bridgehead atoms. The van der Waals surface area contributed by atoms with E-state index in [0.29, 0.717) is 23.9 Å². The second-order valence-electron chi connectivity index (χ2n) is 6.75. The maximum absolute atomic E-state index is 4.97. The summed E-state index contributed by atoms with van der Waals surface area (Å²) in [7, 11) is 2.17. The third-order valence-electron chi connectivity index (χ3n) is 4.34. The van der Waals surface area contributed by atoms with E-state index in [9.17, 15) is 0 Å². The molecule has 0 radical (unpaired) electrons. The highest BCUT2D eigenvalue weighted by molar-refractivity contribution is 7.15. The first-order chi connectivity index (χ1) is 9.77. The standard InChI is InChI=1S/C17H33N3S/c1-9-13(6)16-15(10-18-12(4)5)21-17(19-16)20(8)14(7)11(2)3/h11-14,18H,9-10H2,1-8H3. The number of nitrogens with one attached hydrogen (secondary N) is 1. The Bertz CT molecular complexity index is 426. The highest BCUT2D eigenvalue weighted by Crippen LogP contribution is 2.33. The summed E-state index contributed by atoms with van der Waals surface area (Å²) >= 11 is 1.85. The SMILES string of the molecule is CCC(C)c1nc(N(C)C(C)C(C)C)sc1CNC(C)C. The van der Waals surface area contributed by atoms with Crippen LogP contribution in [0.2, 0.25) is 0 Å². The smallest absolute Gasteiger partial charge is 0.185 e. The van der Waals surface area contributed by atoms with Crippen molar-refractivity contribution in [2.45, 2.75) is 79.4 Å². The zero-order valence-electron chi connectivity index (χ0n) is 15.0. The molecule has 0 aliphatic heterocycles. The largest absolute Gasteiger partial charge is 0.348 e. The van der Waals surface area contributed by atoms with E-state index in [1.165, 1.54) is 10.6 Å². The number of aromatic nitrogens is 1. The molecule has 2 unspecified atom stereocenters. The number of rotatable bonds is 8. The molecule has 0 saturated carbocycles. The molecule has 122 valence electrons. The molecule has 1 N–H and O–H groups in total. The van der Waals surface area contributed by atoms with Crippen LogP contribution < -0.4 is 10.2 Å². The molecular weight excluding hydrogens is 278 g/mol. The van der Waals surface area contributed by atoms with Gasteiger partial charge in [-0.25, -0.2) is 4.98 Å². The van der Waals surface area contributed by atoms with Crippen molar-refractivity contribution < 1.29 is 0 Å². The quantitative estimate of drug-likeness (QED) is 0.758. The Kier molecular flexibility index (Phi) is 7.14. The van der Waals surface area contributed by atoms with E-state index in [4.69, 9.17) is 4.98 Å². The summed E-state index contributed by atoms with van der Waals surface area (Å²) in [5, 5.41) is 4.70. The summed E-state index contributed by atoms with van der Waals surface area (Å²) in [4.78, 5) is 8.70. The van der Waals surface area contributed by atoms with Crippen LogP contribution in [0.3, 0.4) is 0 Å². The molecule has 0 aliphatic rings. The Morgan fingerprint density at radius 3 is 2.24 bits per heavy atom. The fourth-order valence-corrected chi connectivity index (χ4v) is 3.31. The molecule has 3 nitrogen and oxygen atoms in total. The van der Waals surface area contributed by atoms with Crippen molar-refractivity contribution in [3.05, 3.63) is 10.6 Å². The lowest BCUT2D eigenvalue weighted by atomic mass is 10.0. The Labute approximate surface area is 135 Å². The normalized spacial score (nSPS) is 14.8. The molecule has 2 atom stereocenters. The maximum atomic E-state index is 4.97. The Balaban J connectivity index is 3.01. The van der Waals surface area contributed by atoms with Gasteiger partial charge in [0.15, 0.2) is 5.13 Å². The molecule has 0 aliphatic carbocycles. The first-order valence-electron chi connectivity index (χ1n) is 8.23. The van der Waals surface area contributed by atoms with E-state index in [2.05, 4.69) is 65.7 Å². The summed E-state index contributed by atoms with van der Waals surface area (Å²) in [6.45, 7) is 16.7. The molecule has 0 saturated heterocycles. The fraction of sp³-hybridized carbons (Fsp3) is 0.824. The number of nitrogens with zero attached hydrogens (tertiary/aromatic N) is 2. The van der Waals surface area contributed by atoms with Crippen LogP contribution in [-0.2, 0) is 6.54 Å². The Hall–Kier alpha value is -0.610. The van der Waals surface area contributed by atoms with Crippen LogP contribution in [0.5, 0.6) is 0 Å². The van der Waals surface area contributed by atoms with Gasteiger partial charge in [0.05, 0.1) is 5.69 Å². The van der Waals surface area contributed by atoms with E-state index in [1.54, 1.807) is 0 Å². The molecule has 0 spiro atoms. The van der Waals surface area contributed by atoms with Crippen LogP contribution in [0, 0.1) is 5.92 Å². The first-order valence-corrected chi connectivity index (χ1v) is 9.05. The van der Waals surface area contributed by atoms with Crippen LogP contribution in [-0.4, -0.2) is 24.1 Å². The molecule has 4 heteroatoms. The van der Waals surface area contributed by atoms with Crippen molar-refractivity contribution in [3.63, 3.8) is 0 Å². The van der Waals surface area contributed by atoms with E-state index < -0.39 is 0 Å². The summed E-state index contributed by atoms with van der Waals surface area (Å²) < 4.78 is 0. The number of hydrogen-bond donors (Lipinski definition) is 1. The summed E-state index contributed by atoms with van der Waals surface area (Å²) in [5.74, 6) is 1.16. The van der Waals surface area contributed by atoms with Gasteiger partial charge >= 0.3 is 0 Å². The van der Waals surface area contributed by atoms with Gasteiger partial charge < -0.3 is 10.2 Å². The summed E-state index contributed by atoms with van der Waals surface area (Å²) in [6.07, 6.45) is 1.14. The zero-order valence-corrected chi connectivity index (χ0v) is 15.8. The van der Waals surface area contributed by atoms with Gasteiger partial charge in [-0.1, -0.05) is 41.5 Å². The van der Waals surface area contributed by atoms with Crippen LogP contribution in [0.15, 0.2) is 0 Å². The van der Waals surface area contributed by atoms with Gasteiger partial charge in [0.2, 0.25) is 0 Å². The van der Waals surface area contributed by atoms with Gasteiger partial charge in [0.25, 0.3) is 0 Å². The maximum Gasteiger partial charge on any atom is 0.185 e. The number of thiazole rings is 1. The molecule has 1 rings (SSSR count). The topological polar surface area (TPSA) is 28.2 Å². The van der Waals surface area contributed by atoms with Gasteiger partial charge in [-0.15, -0.1) is 11.3 Å². The van der Waals surface area contributed by atoms with Crippen molar-refractivity contribution in [2.75, 3.05) is 11.9 Å². The van der Waals surface area contributed by atoms with Gasteiger partial charge in [-0.05, 0) is 25.2 Å². The van der Waals surface area contributed by atoms with Crippen molar-refractivity contribution in [3.8, 4) is 0 Å². The van der Waals surface area contributed by atoms with Crippen LogP contribution in [0.25, 0.3) is 0 Å². The van der Waals surface area contributed by atoms with Gasteiger partial charge in [0.1, 0.15) is 0 Å². The van der Waals surface area contributed by atoms with Crippen molar-refractivity contribution in [1.82, 2.24) is 10.3 Å².